The number of ether oxygens (including phenoxy) is 3. The van der Waals surface area contributed by atoms with Crippen LogP contribution in [0.15, 0.2) is 23.2 Å². The molecule has 1 aliphatic rings. The number of rotatable bonds is 3. The minimum atomic E-state index is 0.601. The molecular weight excluding hydrogens is 194 g/mol. The molecule has 1 aromatic carbocycles. The van der Waals surface area contributed by atoms with Gasteiger partial charge in [-0.15, -0.1) is 0 Å². The summed E-state index contributed by atoms with van der Waals surface area (Å²) in [6.07, 6.45) is 0. The second-order valence-electron chi connectivity index (χ2n) is 3.07. The van der Waals surface area contributed by atoms with E-state index in [1.807, 2.05) is 18.2 Å². The number of hydrogen-bond donors (Lipinski definition) is 0. The molecule has 4 heteroatoms. The van der Waals surface area contributed by atoms with Crippen LogP contribution in [-0.4, -0.2) is 33.3 Å². The van der Waals surface area contributed by atoms with Crippen LogP contribution >= 0.6 is 0 Å². The highest BCUT2D eigenvalue weighted by atomic mass is 16.5. The van der Waals surface area contributed by atoms with Crippen molar-refractivity contribution in [3.05, 3.63) is 23.8 Å². The van der Waals surface area contributed by atoms with E-state index in [4.69, 9.17) is 14.2 Å². The lowest BCUT2D eigenvalue weighted by molar-refractivity contribution is 0.340. The zero-order valence-electron chi connectivity index (χ0n) is 8.82. The summed E-state index contributed by atoms with van der Waals surface area (Å²) in [5.41, 5.74) is 0.792. The molecule has 0 N–H and O–H groups in total. The molecule has 0 aliphatic carbocycles. The number of hydrogen-bond acceptors (Lipinski definition) is 4. The summed E-state index contributed by atoms with van der Waals surface area (Å²) < 4.78 is 15.9. The van der Waals surface area contributed by atoms with Gasteiger partial charge in [-0.1, -0.05) is 6.07 Å². The van der Waals surface area contributed by atoms with Crippen molar-refractivity contribution in [2.24, 2.45) is 4.99 Å². The van der Waals surface area contributed by atoms with Crippen molar-refractivity contribution >= 4 is 5.90 Å². The smallest absolute Gasteiger partial charge is 0.223 e. The third kappa shape index (κ3) is 1.75. The van der Waals surface area contributed by atoms with Crippen molar-refractivity contribution in [2.45, 2.75) is 0 Å². The van der Waals surface area contributed by atoms with E-state index in [0.29, 0.717) is 19.0 Å². The summed E-state index contributed by atoms with van der Waals surface area (Å²) in [7, 11) is 3.24. The van der Waals surface area contributed by atoms with E-state index < -0.39 is 0 Å². The van der Waals surface area contributed by atoms with E-state index in [0.717, 1.165) is 17.1 Å². The van der Waals surface area contributed by atoms with Gasteiger partial charge < -0.3 is 14.2 Å². The van der Waals surface area contributed by atoms with Crippen molar-refractivity contribution in [2.75, 3.05) is 27.4 Å². The van der Waals surface area contributed by atoms with E-state index in [1.54, 1.807) is 14.2 Å². The molecule has 0 saturated carbocycles. The van der Waals surface area contributed by atoms with E-state index in [1.165, 1.54) is 0 Å². The SMILES string of the molecule is COc1cccc(OC)c1C1=NCCO1. The van der Waals surface area contributed by atoms with E-state index in [2.05, 4.69) is 4.99 Å². The topological polar surface area (TPSA) is 40.0 Å². The van der Waals surface area contributed by atoms with Crippen molar-refractivity contribution in [1.29, 1.82) is 0 Å². The highest BCUT2D eigenvalue weighted by Crippen LogP contribution is 2.30. The van der Waals surface area contributed by atoms with Crippen LogP contribution in [0.1, 0.15) is 5.56 Å². The highest BCUT2D eigenvalue weighted by Gasteiger charge is 2.19. The molecule has 0 aromatic heterocycles. The van der Waals surface area contributed by atoms with Crippen molar-refractivity contribution < 1.29 is 14.2 Å². The Balaban J connectivity index is 2.49. The van der Waals surface area contributed by atoms with Gasteiger partial charge in [-0.05, 0) is 12.1 Å². The fraction of sp³-hybridized carbons (Fsp3) is 0.364. The summed E-state index contributed by atoms with van der Waals surface area (Å²) in [6.45, 7) is 1.31. The van der Waals surface area contributed by atoms with Crippen LogP contribution in [0.3, 0.4) is 0 Å². The minimum absolute atomic E-state index is 0.601. The fourth-order valence-electron chi connectivity index (χ4n) is 1.55. The summed E-state index contributed by atoms with van der Waals surface area (Å²) in [5, 5.41) is 0. The molecule has 0 amide bonds. The third-order valence-corrected chi connectivity index (χ3v) is 2.23. The van der Waals surface area contributed by atoms with Crippen LogP contribution in [0, 0.1) is 0 Å². The Kier molecular flexibility index (Phi) is 2.76. The molecular formula is C11H13NO3. The molecule has 0 unspecified atom stereocenters. The summed E-state index contributed by atoms with van der Waals surface area (Å²) in [6, 6.07) is 5.60. The maximum atomic E-state index is 5.41. The lowest BCUT2D eigenvalue weighted by atomic mass is 10.1. The molecule has 0 spiro atoms. The number of methoxy groups -OCH3 is 2. The molecule has 0 atom stereocenters. The van der Waals surface area contributed by atoms with Gasteiger partial charge in [0.1, 0.15) is 23.7 Å². The van der Waals surface area contributed by atoms with Gasteiger partial charge in [0.05, 0.1) is 20.8 Å². The number of benzene rings is 1. The predicted octanol–water partition coefficient (Wildman–Crippen LogP) is 1.48. The molecule has 0 radical (unpaired) electrons. The zero-order valence-corrected chi connectivity index (χ0v) is 8.82. The summed E-state index contributed by atoms with van der Waals surface area (Å²) >= 11 is 0. The second-order valence-corrected chi connectivity index (χ2v) is 3.07. The Morgan fingerprint density at radius 2 is 1.87 bits per heavy atom. The first-order chi connectivity index (χ1) is 7.36. The van der Waals surface area contributed by atoms with Gasteiger partial charge in [0.25, 0.3) is 0 Å². The maximum Gasteiger partial charge on any atom is 0.223 e. The van der Waals surface area contributed by atoms with Gasteiger partial charge in [-0.3, -0.25) is 0 Å². The molecule has 0 bridgehead atoms. The van der Waals surface area contributed by atoms with Crippen molar-refractivity contribution in [3.63, 3.8) is 0 Å². The van der Waals surface area contributed by atoms with E-state index >= 15 is 0 Å². The summed E-state index contributed by atoms with van der Waals surface area (Å²) in [4.78, 5) is 4.26. The van der Waals surface area contributed by atoms with Gasteiger partial charge in [-0.25, -0.2) is 4.99 Å². The van der Waals surface area contributed by atoms with Crippen molar-refractivity contribution in [3.8, 4) is 11.5 Å². The Hall–Kier alpha value is -1.71. The van der Waals surface area contributed by atoms with Gasteiger partial charge in [-0.2, -0.15) is 0 Å². The van der Waals surface area contributed by atoms with Gasteiger partial charge >= 0.3 is 0 Å². The van der Waals surface area contributed by atoms with E-state index in [9.17, 15) is 0 Å². The lowest BCUT2D eigenvalue weighted by Gasteiger charge is -2.12. The molecule has 1 aliphatic heterocycles. The average molecular weight is 207 g/mol. The van der Waals surface area contributed by atoms with Crippen molar-refractivity contribution in [1.82, 2.24) is 0 Å². The highest BCUT2D eigenvalue weighted by molar-refractivity contribution is 6.00. The van der Waals surface area contributed by atoms with Gasteiger partial charge in [0.15, 0.2) is 0 Å². The standard InChI is InChI=1S/C11H13NO3/c1-13-8-4-3-5-9(14-2)10(8)11-12-6-7-15-11/h3-5H,6-7H2,1-2H3. The Bertz CT molecular complexity index is 365. The van der Waals surface area contributed by atoms with Gasteiger partial charge in [0, 0.05) is 0 Å². The average Bonchev–Trinajstić information content (AvgIpc) is 2.81. The van der Waals surface area contributed by atoms with Crippen LogP contribution in [0.5, 0.6) is 11.5 Å². The largest absolute Gasteiger partial charge is 0.496 e. The first-order valence-electron chi connectivity index (χ1n) is 4.75. The Morgan fingerprint density at radius 1 is 1.20 bits per heavy atom. The predicted molar refractivity (Wildman–Crippen MR) is 56.9 cm³/mol. The monoisotopic (exact) mass is 207 g/mol. The number of nitrogens with zero attached hydrogens (tertiary/aromatic N) is 1. The Labute approximate surface area is 88.5 Å². The molecule has 1 heterocycles. The summed E-state index contributed by atoms with van der Waals surface area (Å²) in [5.74, 6) is 2.04. The zero-order chi connectivity index (χ0) is 10.7. The quantitative estimate of drug-likeness (QED) is 0.753. The van der Waals surface area contributed by atoms with Crippen LogP contribution < -0.4 is 9.47 Å². The normalized spacial score (nSPS) is 14.4. The molecule has 80 valence electrons. The second kappa shape index (κ2) is 4.21. The molecule has 2 rings (SSSR count). The van der Waals surface area contributed by atoms with Crippen LogP contribution in [0.25, 0.3) is 0 Å². The van der Waals surface area contributed by atoms with E-state index in [-0.39, 0.29) is 0 Å². The van der Waals surface area contributed by atoms with Crippen LogP contribution in [-0.2, 0) is 4.74 Å². The number of aliphatic imine (C=N–C) groups is 1. The maximum absolute atomic E-state index is 5.41. The molecule has 0 saturated heterocycles. The van der Waals surface area contributed by atoms with Crippen LogP contribution in [0.2, 0.25) is 0 Å². The first kappa shape index (κ1) is 9.83. The first-order valence-corrected chi connectivity index (χ1v) is 4.75. The fourth-order valence-corrected chi connectivity index (χ4v) is 1.55. The lowest BCUT2D eigenvalue weighted by Crippen LogP contribution is -2.06. The molecule has 0 fully saturated rings. The third-order valence-electron chi connectivity index (χ3n) is 2.23. The van der Waals surface area contributed by atoms with Crippen LogP contribution in [0.4, 0.5) is 0 Å². The molecule has 1 aromatic rings. The molecule has 4 nitrogen and oxygen atoms in total. The van der Waals surface area contributed by atoms with Gasteiger partial charge in [0.2, 0.25) is 5.90 Å². The molecule has 15 heavy (non-hydrogen) atoms. The minimum Gasteiger partial charge on any atom is -0.496 e. The Morgan fingerprint density at radius 3 is 2.33 bits per heavy atom.